The number of aryl methyl sites for hydroxylation is 2. The first kappa shape index (κ1) is 14.4. The summed E-state index contributed by atoms with van der Waals surface area (Å²) in [5.41, 5.74) is 1.79. The maximum absolute atomic E-state index is 12.1. The number of thiazole rings is 1. The van der Waals surface area contributed by atoms with Crippen molar-refractivity contribution in [1.29, 1.82) is 5.26 Å². The van der Waals surface area contributed by atoms with Gasteiger partial charge >= 0.3 is 0 Å². The zero-order chi connectivity index (χ0) is 13.7. The van der Waals surface area contributed by atoms with Crippen LogP contribution in [0.5, 0.6) is 0 Å². The number of hydrogen-bond acceptors (Lipinski definition) is 4. The number of rotatable bonds is 4. The van der Waals surface area contributed by atoms with Crippen LogP contribution < -0.4 is 5.32 Å². The molecular weight excluding hydrogens is 246 g/mol. The molecule has 1 amide bonds. The van der Waals surface area contributed by atoms with Crippen LogP contribution in [0.25, 0.3) is 0 Å². The first-order valence-corrected chi connectivity index (χ1v) is 6.61. The van der Waals surface area contributed by atoms with Crippen molar-refractivity contribution >= 4 is 17.2 Å². The quantitative estimate of drug-likeness (QED) is 0.849. The van der Waals surface area contributed by atoms with E-state index in [1.807, 2.05) is 27.7 Å². The third kappa shape index (κ3) is 3.67. The number of nitrogens with zero attached hydrogens (tertiary/aromatic N) is 2. The van der Waals surface area contributed by atoms with E-state index in [-0.39, 0.29) is 5.91 Å². The van der Waals surface area contributed by atoms with Crippen molar-refractivity contribution in [2.75, 3.05) is 0 Å². The van der Waals surface area contributed by atoms with E-state index in [4.69, 9.17) is 5.26 Å². The van der Waals surface area contributed by atoms with Gasteiger partial charge in [-0.25, -0.2) is 4.98 Å². The van der Waals surface area contributed by atoms with Crippen molar-refractivity contribution in [3.05, 3.63) is 27.2 Å². The number of carbonyl (C=O) groups excluding carboxylic acids is 1. The minimum absolute atomic E-state index is 0.221. The fraction of sp³-hybridized carbons (Fsp3) is 0.462. The Labute approximate surface area is 111 Å². The maximum Gasteiger partial charge on any atom is 0.264 e. The van der Waals surface area contributed by atoms with E-state index in [9.17, 15) is 4.79 Å². The normalized spacial score (nSPS) is 11.5. The number of nitriles is 1. The number of hydrogen-bond donors (Lipinski definition) is 1. The van der Waals surface area contributed by atoms with Gasteiger partial charge in [-0.15, -0.1) is 11.3 Å². The molecular formula is C13H17N3OS. The second-order valence-corrected chi connectivity index (χ2v) is 5.39. The molecule has 0 aromatic carbocycles. The molecule has 0 saturated heterocycles. The molecule has 1 N–H and O–H groups in total. The van der Waals surface area contributed by atoms with Crippen LogP contribution in [0.3, 0.4) is 0 Å². The Morgan fingerprint density at radius 1 is 1.61 bits per heavy atom. The van der Waals surface area contributed by atoms with E-state index in [0.29, 0.717) is 11.3 Å². The van der Waals surface area contributed by atoms with Gasteiger partial charge in [0.25, 0.3) is 5.91 Å². The average molecular weight is 263 g/mol. The minimum atomic E-state index is -0.588. The lowest BCUT2D eigenvalue weighted by Crippen LogP contribution is -2.32. The standard InChI is InChI=1S/C13H17N3OS/c1-5-11-12(18-9(4)15-11)13(17)16-10(7-14)6-8(2)3/h6,10H,5H2,1-4H3,(H,16,17). The second-order valence-electron chi connectivity index (χ2n) is 4.19. The summed E-state index contributed by atoms with van der Waals surface area (Å²) in [6.07, 6.45) is 2.45. The molecule has 1 heterocycles. The molecule has 0 aliphatic rings. The van der Waals surface area contributed by atoms with Gasteiger partial charge < -0.3 is 5.32 Å². The Morgan fingerprint density at radius 2 is 2.28 bits per heavy atom. The highest BCUT2D eigenvalue weighted by atomic mass is 32.1. The summed E-state index contributed by atoms with van der Waals surface area (Å²) in [6, 6.07) is 1.47. The Hall–Kier alpha value is -1.67. The van der Waals surface area contributed by atoms with Gasteiger partial charge in [0, 0.05) is 0 Å². The van der Waals surface area contributed by atoms with Gasteiger partial charge in [-0.3, -0.25) is 4.79 Å². The van der Waals surface area contributed by atoms with Crippen LogP contribution in [0.4, 0.5) is 0 Å². The van der Waals surface area contributed by atoms with Crippen molar-refractivity contribution in [2.24, 2.45) is 0 Å². The summed E-state index contributed by atoms with van der Waals surface area (Å²) in [5.74, 6) is -0.221. The van der Waals surface area contributed by atoms with Gasteiger partial charge in [-0.2, -0.15) is 5.26 Å². The van der Waals surface area contributed by atoms with Crippen LogP contribution in [-0.2, 0) is 6.42 Å². The topological polar surface area (TPSA) is 65.8 Å². The van der Waals surface area contributed by atoms with Crippen LogP contribution >= 0.6 is 11.3 Å². The second kappa shape index (κ2) is 6.31. The molecule has 1 aromatic heterocycles. The third-order valence-electron chi connectivity index (χ3n) is 2.27. The molecule has 0 spiro atoms. The number of aromatic nitrogens is 1. The Morgan fingerprint density at radius 3 is 2.78 bits per heavy atom. The largest absolute Gasteiger partial charge is 0.332 e. The van der Waals surface area contributed by atoms with E-state index in [2.05, 4.69) is 16.4 Å². The van der Waals surface area contributed by atoms with Crippen LogP contribution in [0, 0.1) is 18.3 Å². The van der Waals surface area contributed by atoms with Crippen molar-refractivity contribution < 1.29 is 4.79 Å². The van der Waals surface area contributed by atoms with E-state index in [0.717, 1.165) is 16.3 Å². The van der Waals surface area contributed by atoms with Crippen molar-refractivity contribution in [3.63, 3.8) is 0 Å². The summed E-state index contributed by atoms with van der Waals surface area (Å²) in [7, 11) is 0. The van der Waals surface area contributed by atoms with E-state index in [1.54, 1.807) is 6.08 Å². The summed E-state index contributed by atoms with van der Waals surface area (Å²) < 4.78 is 0. The van der Waals surface area contributed by atoms with Gasteiger partial charge in [-0.1, -0.05) is 12.5 Å². The van der Waals surface area contributed by atoms with Gasteiger partial charge in [0.15, 0.2) is 0 Å². The van der Waals surface area contributed by atoms with Gasteiger partial charge in [0.05, 0.1) is 16.8 Å². The lowest BCUT2D eigenvalue weighted by molar-refractivity contribution is 0.0954. The van der Waals surface area contributed by atoms with Crippen LogP contribution in [-0.4, -0.2) is 16.9 Å². The first-order valence-electron chi connectivity index (χ1n) is 5.79. The number of amides is 1. The van der Waals surface area contributed by atoms with Gasteiger partial charge in [0.1, 0.15) is 10.9 Å². The predicted octanol–water partition coefficient (Wildman–Crippen LogP) is 2.60. The third-order valence-corrected chi connectivity index (χ3v) is 3.28. The molecule has 0 saturated carbocycles. The molecule has 0 aliphatic carbocycles. The van der Waals surface area contributed by atoms with Crippen molar-refractivity contribution in [2.45, 2.75) is 40.2 Å². The van der Waals surface area contributed by atoms with Crippen LogP contribution in [0.2, 0.25) is 0 Å². The molecule has 4 nitrogen and oxygen atoms in total. The summed E-state index contributed by atoms with van der Waals surface area (Å²) in [5, 5.41) is 12.5. The predicted molar refractivity (Wildman–Crippen MR) is 72.5 cm³/mol. The number of allylic oxidation sites excluding steroid dienone is 1. The molecule has 1 aromatic rings. The van der Waals surface area contributed by atoms with E-state index >= 15 is 0 Å². The lowest BCUT2D eigenvalue weighted by atomic mass is 10.2. The Bertz CT molecular complexity index is 507. The number of carbonyl (C=O) groups is 1. The first-order chi connectivity index (χ1) is 8.47. The number of nitrogens with one attached hydrogen (secondary N) is 1. The zero-order valence-electron chi connectivity index (χ0n) is 11.1. The average Bonchev–Trinajstić information content (AvgIpc) is 2.69. The lowest BCUT2D eigenvalue weighted by Gasteiger charge is -2.07. The molecule has 0 fully saturated rings. The highest BCUT2D eigenvalue weighted by Crippen LogP contribution is 2.18. The molecule has 1 unspecified atom stereocenters. The SMILES string of the molecule is CCc1nc(C)sc1C(=O)NC(C#N)C=C(C)C. The van der Waals surface area contributed by atoms with Crippen molar-refractivity contribution in [3.8, 4) is 6.07 Å². The summed E-state index contributed by atoms with van der Waals surface area (Å²) in [4.78, 5) is 17.0. The van der Waals surface area contributed by atoms with Crippen LogP contribution in [0.1, 0.15) is 41.1 Å². The fourth-order valence-electron chi connectivity index (χ4n) is 1.54. The molecule has 5 heteroatoms. The monoisotopic (exact) mass is 263 g/mol. The molecule has 1 rings (SSSR count). The highest BCUT2D eigenvalue weighted by molar-refractivity contribution is 7.13. The molecule has 0 bridgehead atoms. The molecule has 18 heavy (non-hydrogen) atoms. The Balaban J connectivity index is 2.88. The summed E-state index contributed by atoms with van der Waals surface area (Å²) in [6.45, 7) is 7.62. The molecule has 0 radical (unpaired) electrons. The maximum atomic E-state index is 12.1. The Kier molecular flexibility index (Phi) is 5.05. The van der Waals surface area contributed by atoms with Crippen LogP contribution in [0.15, 0.2) is 11.6 Å². The molecule has 0 aliphatic heterocycles. The molecule has 1 atom stereocenters. The van der Waals surface area contributed by atoms with Gasteiger partial charge in [-0.05, 0) is 33.3 Å². The smallest absolute Gasteiger partial charge is 0.264 e. The highest BCUT2D eigenvalue weighted by Gasteiger charge is 2.17. The molecule has 96 valence electrons. The minimum Gasteiger partial charge on any atom is -0.332 e. The van der Waals surface area contributed by atoms with Crippen molar-refractivity contribution in [1.82, 2.24) is 10.3 Å². The zero-order valence-corrected chi connectivity index (χ0v) is 11.9. The van der Waals surface area contributed by atoms with E-state index in [1.165, 1.54) is 11.3 Å². The fourth-order valence-corrected chi connectivity index (χ4v) is 2.45. The summed E-state index contributed by atoms with van der Waals surface area (Å²) >= 11 is 1.37. The van der Waals surface area contributed by atoms with Gasteiger partial charge in [0.2, 0.25) is 0 Å². The van der Waals surface area contributed by atoms with E-state index < -0.39 is 6.04 Å².